The first kappa shape index (κ1) is 20.5. The van der Waals surface area contributed by atoms with Crippen LogP contribution in [0.2, 0.25) is 0 Å². The Bertz CT molecular complexity index is 886. The molecular weight excluding hydrogens is 379 g/mol. The zero-order chi connectivity index (χ0) is 20.0. The molecule has 0 saturated carbocycles. The number of halogens is 1. The van der Waals surface area contributed by atoms with E-state index < -0.39 is 15.8 Å². The molecule has 2 aromatic carbocycles. The van der Waals surface area contributed by atoms with Crippen molar-refractivity contribution in [3.63, 3.8) is 0 Å². The van der Waals surface area contributed by atoms with E-state index in [-0.39, 0.29) is 16.7 Å². The molecule has 1 fully saturated rings. The summed E-state index contributed by atoms with van der Waals surface area (Å²) in [4.78, 5) is 12.2. The molecule has 1 N–H and O–H groups in total. The predicted molar refractivity (Wildman–Crippen MR) is 105 cm³/mol. The van der Waals surface area contributed by atoms with Gasteiger partial charge in [0.1, 0.15) is 5.82 Å². The van der Waals surface area contributed by atoms with Crippen molar-refractivity contribution in [2.24, 2.45) is 5.92 Å². The highest BCUT2D eigenvalue weighted by molar-refractivity contribution is 7.89. The average molecular weight is 405 g/mol. The van der Waals surface area contributed by atoms with Gasteiger partial charge in [-0.3, -0.25) is 4.79 Å². The number of hydrogen-bond acceptors (Lipinski definition) is 3. The molecule has 0 radical (unpaired) electrons. The van der Waals surface area contributed by atoms with Gasteiger partial charge in [0.05, 0.1) is 4.90 Å². The fourth-order valence-corrected chi connectivity index (χ4v) is 5.01. The summed E-state index contributed by atoms with van der Waals surface area (Å²) in [5.41, 5.74) is 1.05. The van der Waals surface area contributed by atoms with Crippen molar-refractivity contribution < 1.29 is 17.6 Å². The summed E-state index contributed by atoms with van der Waals surface area (Å²) >= 11 is 0. The van der Waals surface area contributed by atoms with Crippen LogP contribution in [0.1, 0.15) is 31.2 Å². The Morgan fingerprint density at radius 3 is 2.54 bits per heavy atom. The number of amides is 1. The van der Waals surface area contributed by atoms with Gasteiger partial charge in [-0.1, -0.05) is 30.3 Å². The molecule has 7 heteroatoms. The van der Waals surface area contributed by atoms with Crippen LogP contribution in [0, 0.1) is 11.7 Å². The van der Waals surface area contributed by atoms with Crippen molar-refractivity contribution in [3.05, 3.63) is 66.0 Å². The van der Waals surface area contributed by atoms with Crippen LogP contribution in [0.15, 0.2) is 59.5 Å². The summed E-state index contributed by atoms with van der Waals surface area (Å²) in [6, 6.07) is 14.6. The number of benzene rings is 2. The monoisotopic (exact) mass is 404 g/mol. The van der Waals surface area contributed by atoms with Crippen LogP contribution in [0.4, 0.5) is 4.39 Å². The van der Waals surface area contributed by atoms with Gasteiger partial charge in [0.25, 0.3) is 0 Å². The molecule has 1 amide bonds. The molecule has 1 heterocycles. The van der Waals surface area contributed by atoms with Crippen LogP contribution in [0.5, 0.6) is 0 Å². The van der Waals surface area contributed by atoms with Crippen molar-refractivity contribution >= 4 is 15.9 Å². The van der Waals surface area contributed by atoms with E-state index >= 15 is 0 Å². The lowest BCUT2D eigenvalue weighted by Crippen LogP contribution is -2.40. The lowest BCUT2D eigenvalue weighted by atomic mass is 9.94. The fourth-order valence-electron chi connectivity index (χ4n) is 3.46. The molecule has 28 heavy (non-hydrogen) atoms. The number of piperidine rings is 1. The summed E-state index contributed by atoms with van der Waals surface area (Å²) in [5.74, 6) is -0.342. The highest BCUT2D eigenvalue weighted by Gasteiger charge is 2.30. The molecule has 3 rings (SSSR count). The second kappa shape index (κ2) is 9.30. The quantitative estimate of drug-likeness (QED) is 0.770. The number of sulfonamides is 1. The van der Waals surface area contributed by atoms with E-state index in [1.807, 2.05) is 30.3 Å². The van der Waals surface area contributed by atoms with Crippen molar-refractivity contribution in [1.82, 2.24) is 9.62 Å². The van der Waals surface area contributed by atoms with E-state index in [2.05, 4.69) is 5.32 Å². The third kappa shape index (κ3) is 5.39. The minimum Gasteiger partial charge on any atom is -0.352 e. The number of carbonyl (C=O) groups is 1. The maximum absolute atomic E-state index is 13.1. The first-order chi connectivity index (χ1) is 13.4. The lowest BCUT2D eigenvalue weighted by molar-refractivity contribution is -0.121. The lowest BCUT2D eigenvalue weighted by Gasteiger charge is -2.32. The number of nitrogens with one attached hydrogen (secondary N) is 1. The Labute approximate surface area is 165 Å². The molecule has 0 aliphatic carbocycles. The van der Waals surface area contributed by atoms with Gasteiger partial charge in [0.2, 0.25) is 15.9 Å². The molecule has 0 spiro atoms. The zero-order valence-corrected chi connectivity index (χ0v) is 16.5. The van der Waals surface area contributed by atoms with Crippen molar-refractivity contribution in [2.75, 3.05) is 13.1 Å². The highest BCUT2D eigenvalue weighted by Crippen LogP contribution is 2.26. The van der Waals surface area contributed by atoms with Crippen LogP contribution in [0.3, 0.4) is 0 Å². The molecule has 1 aliphatic heterocycles. The summed E-state index contributed by atoms with van der Waals surface area (Å²) in [6.07, 6.45) is 2.69. The SMILES string of the molecule is O=C(CCC1CCCN(S(=O)(=O)c2ccc(F)cc2)C1)NCc1ccccc1. The Morgan fingerprint density at radius 2 is 1.82 bits per heavy atom. The van der Waals surface area contributed by atoms with E-state index in [0.717, 1.165) is 30.5 Å². The average Bonchev–Trinajstić information content (AvgIpc) is 2.72. The summed E-state index contributed by atoms with van der Waals surface area (Å²) in [6.45, 7) is 1.34. The Balaban J connectivity index is 1.50. The molecule has 1 atom stereocenters. The highest BCUT2D eigenvalue weighted by atomic mass is 32.2. The van der Waals surface area contributed by atoms with Crippen molar-refractivity contribution in [2.45, 2.75) is 37.1 Å². The molecule has 150 valence electrons. The van der Waals surface area contributed by atoms with Gasteiger partial charge in [0.15, 0.2) is 0 Å². The maximum Gasteiger partial charge on any atom is 0.243 e. The molecule has 1 unspecified atom stereocenters. The van der Waals surface area contributed by atoms with Gasteiger partial charge < -0.3 is 5.32 Å². The van der Waals surface area contributed by atoms with E-state index in [0.29, 0.717) is 32.5 Å². The van der Waals surface area contributed by atoms with E-state index in [1.54, 1.807) is 0 Å². The fraction of sp³-hybridized carbons (Fsp3) is 0.381. The maximum atomic E-state index is 13.1. The van der Waals surface area contributed by atoms with Crippen LogP contribution in [-0.4, -0.2) is 31.7 Å². The molecule has 2 aromatic rings. The Morgan fingerprint density at radius 1 is 1.11 bits per heavy atom. The Hall–Kier alpha value is -2.25. The van der Waals surface area contributed by atoms with Crippen LogP contribution < -0.4 is 5.32 Å². The largest absolute Gasteiger partial charge is 0.352 e. The minimum absolute atomic E-state index is 0.0256. The summed E-state index contributed by atoms with van der Waals surface area (Å²) in [5, 5.41) is 2.90. The predicted octanol–water partition coefficient (Wildman–Crippen LogP) is 3.32. The second-order valence-corrected chi connectivity index (χ2v) is 9.06. The van der Waals surface area contributed by atoms with Gasteiger partial charge in [-0.2, -0.15) is 4.31 Å². The molecular formula is C21H25FN2O3S. The third-order valence-corrected chi connectivity index (χ3v) is 6.92. The van der Waals surface area contributed by atoms with Crippen molar-refractivity contribution in [3.8, 4) is 0 Å². The van der Waals surface area contributed by atoms with Crippen LogP contribution >= 0.6 is 0 Å². The minimum atomic E-state index is -3.63. The Kier molecular flexibility index (Phi) is 6.80. The van der Waals surface area contributed by atoms with E-state index in [1.165, 1.54) is 16.4 Å². The zero-order valence-electron chi connectivity index (χ0n) is 15.7. The molecule has 1 saturated heterocycles. The number of carbonyl (C=O) groups excluding carboxylic acids is 1. The van der Waals surface area contributed by atoms with Crippen LogP contribution in [0.25, 0.3) is 0 Å². The van der Waals surface area contributed by atoms with Gasteiger partial charge in [-0.15, -0.1) is 0 Å². The van der Waals surface area contributed by atoms with Crippen LogP contribution in [-0.2, 0) is 21.4 Å². The summed E-state index contributed by atoms with van der Waals surface area (Å²) in [7, 11) is -3.63. The molecule has 5 nitrogen and oxygen atoms in total. The first-order valence-corrected chi connectivity index (χ1v) is 11.0. The molecule has 0 aromatic heterocycles. The number of nitrogens with zero attached hydrogens (tertiary/aromatic N) is 1. The number of rotatable bonds is 7. The standard InChI is InChI=1S/C21H25FN2O3S/c22-19-9-11-20(12-10-19)28(26,27)24-14-4-7-18(16-24)8-13-21(25)23-15-17-5-2-1-3-6-17/h1-3,5-6,9-12,18H,4,7-8,13-16H2,(H,23,25). The van der Waals surface area contributed by atoms with E-state index in [4.69, 9.17) is 0 Å². The molecule has 1 aliphatic rings. The molecule has 0 bridgehead atoms. The normalized spacial score (nSPS) is 18.0. The topological polar surface area (TPSA) is 66.5 Å². The summed E-state index contributed by atoms with van der Waals surface area (Å²) < 4.78 is 40.1. The first-order valence-electron chi connectivity index (χ1n) is 9.51. The third-order valence-electron chi connectivity index (χ3n) is 5.05. The van der Waals surface area contributed by atoms with Gasteiger partial charge in [-0.25, -0.2) is 12.8 Å². The van der Waals surface area contributed by atoms with Gasteiger partial charge in [-0.05, 0) is 55.0 Å². The van der Waals surface area contributed by atoms with Gasteiger partial charge in [0, 0.05) is 26.1 Å². The van der Waals surface area contributed by atoms with E-state index in [9.17, 15) is 17.6 Å². The number of hydrogen-bond donors (Lipinski definition) is 1. The van der Waals surface area contributed by atoms with Crippen molar-refractivity contribution in [1.29, 1.82) is 0 Å². The smallest absolute Gasteiger partial charge is 0.243 e. The second-order valence-electron chi connectivity index (χ2n) is 7.13. The van der Waals surface area contributed by atoms with Gasteiger partial charge >= 0.3 is 0 Å².